The number of benzene rings is 1. The number of carbonyl (C=O) groups excluding carboxylic acids is 1. The van der Waals surface area contributed by atoms with Crippen molar-refractivity contribution in [1.29, 1.82) is 0 Å². The quantitative estimate of drug-likeness (QED) is 0.867. The van der Waals surface area contributed by atoms with E-state index < -0.39 is 17.5 Å². The predicted molar refractivity (Wildman–Crippen MR) is 73.7 cm³/mol. The lowest BCUT2D eigenvalue weighted by Gasteiger charge is -2.23. The summed E-state index contributed by atoms with van der Waals surface area (Å²) in [5.74, 6) is -4.84. The van der Waals surface area contributed by atoms with Gasteiger partial charge in [-0.15, -0.1) is 0 Å². The average molecular weight is 309 g/mol. The number of fused-ring (bicyclic) bond motifs is 1. The molecule has 1 aliphatic rings. The molecule has 0 fully saturated rings. The van der Waals surface area contributed by atoms with Gasteiger partial charge in [-0.25, -0.2) is 13.2 Å². The Labute approximate surface area is 124 Å². The summed E-state index contributed by atoms with van der Waals surface area (Å²) < 4.78 is 41.1. The minimum absolute atomic E-state index is 0.0859. The Bertz CT molecular complexity index is 719. The zero-order valence-corrected chi connectivity index (χ0v) is 11.9. The van der Waals surface area contributed by atoms with Crippen LogP contribution in [0.15, 0.2) is 18.3 Å². The zero-order chi connectivity index (χ0) is 15.9. The SMILES string of the molecule is Cc1cnn2c1CC(C(=O)Nc1cc(F)c(F)c(F)c1)CC2. The van der Waals surface area contributed by atoms with Gasteiger partial charge in [0.15, 0.2) is 17.5 Å². The Kier molecular flexibility index (Phi) is 3.64. The Hall–Kier alpha value is -2.31. The Morgan fingerprint density at radius 3 is 2.68 bits per heavy atom. The molecule has 7 heteroatoms. The summed E-state index contributed by atoms with van der Waals surface area (Å²) in [6, 6.07) is 1.54. The van der Waals surface area contributed by atoms with Crippen LogP contribution >= 0.6 is 0 Å². The maximum absolute atomic E-state index is 13.2. The number of carbonyl (C=O) groups is 1. The summed E-state index contributed by atoms with van der Waals surface area (Å²) >= 11 is 0. The first-order valence-corrected chi connectivity index (χ1v) is 6.92. The number of hydrogen-bond acceptors (Lipinski definition) is 2. The van der Waals surface area contributed by atoms with Gasteiger partial charge in [-0.2, -0.15) is 5.10 Å². The summed E-state index contributed by atoms with van der Waals surface area (Å²) in [5, 5.41) is 6.66. The van der Waals surface area contributed by atoms with Crippen molar-refractivity contribution in [2.75, 3.05) is 5.32 Å². The monoisotopic (exact) mass is 309 g/mol. The van der Waals surface area contributed by atoms with Crippen LogP contribution in [-0.2, 0) is 17.8 Å². The van der Waals surface area contributed by atoms with E-state index in [0.29, 0.717) is 19.4 Å². The highest BCUT2D eigenvalue weighted by Gasteiger charge is 2.27. The van der Waals surface area contributed by atoms with Gasteiger partial charge in [0.2, 0.25) is 5.91 Å². The van der Waals surface area contributed by atoms with Gasteiger partial charge in [0.25, 0.3) is 0 Å². The molecule has 1 amide bonds. The number of nitrogens with zero attached hydrogens (tertiary/aromatic N) is 2. The number of aromatic nitrogens is 2. The largest absolute Gasteiger partial charge is 0.326 e. The van der Waals surface area contributed by atoms with Gasteiger partial charge < -0.3 is 5.32 Å². The molecule has 1 N–H and O–H groups in total. The van der Waals surface area contributed by atoms with Gasteiger partial charge in [0, 0.05) is 42.4 Å². The molecule has 1 aliphatic heterocycles. The number of aryl methyl sites for hydroxylation is 2. The molecule has 2 heterocycles. The zero-order valence-electron chi connectivity index (χ0n) is 11.9. The van der Waals surface area contributed by atoms with Crippen molar-refractivity contribution in [1.82, 2.24) is 9.78 Å². The Balaban J connectivity index is 1.75. The fourth-order valence-electron chi connectivity index (χ4n) is 2.67. The third-order valence-electron chi connectivity index (χ3n) is 3.91. The summed E-state index contributed by atoms with van der Waals surface area (Å²) in [7, 11) is 0. The molecule has 1 aromatic heterocycles. The van der Waals surface area contributed by atoms with E-state index in [0.717, 1.165) is 23.4 Å². The molecule has 1 aromatic carbocycles. The molecule has 0 bridgehead atoms. The molecule has 22 heavy (non-hydrogen) atoms. The molecule has 0 aliphatic carbocycles. The molecule has 1 atom stereocenters. The summed E-state index contributed by atoms with van der Waals surface area (Å²) in [6.07, 6.45) is 2.86. The minimum atomic E-state index is -1.55. The van der Waals surface area contributed by atoms with E-state index in [4.69, 9.17) is 0 Å². The number of amides is 1. The maximum atomic E-state index is 13.2. The van der Waals surface area contributed by atoms with Gasteiger partial charge in [-0.05, 0) is 18.9 Å². The van der Waals surface area contributed by atoms with Crippen LogP contribution in [0.3, 0.4) is 0 Å². The molecular weight excluding hydrogens is 295 g/mol. The fourth-order valence-corrected chi connectivity index (χ4v) is 2.67. The van der Waals surface area contributed by atoms with Crippen molar-refractivity contribution >= 4 is 11.6 Å². The van der Waals surface area contributed by atoms with Crippen molar-refractivity contribution in [2.24, 2.45) is 5.92 Å². The van der Waals surface area contributed by atoms with E-state index in [1.807, 2.05) is 11.6 Å². The van der Waals surface area contributed by atoms with E-state index in [9.17, 15) is 18.0 Å². The predicted octanol–water partition coefficient (Wildman–Crippen LogP) is 2.81. The lowest BCUT2D eigenvalue weighted by molar-refractivity contribution is -0.120. The number of anilines is 1. The smallest absolute Gasteiger partial charge is 0.227 e. The number of hydrogen-bond donors (Lipinski definition) is 1. The van der Waals surface area contributed by atoms with E-state index in [1.54, 1.807) is 6.20 Å². The van der Waals surface area contributed by atoms with Crippen LogP contribution in [0.4, 0.5) is 18.9 Å². The maximum Gasteiger partial charge on any atom is 0.227 e. The minimum Gasteiger partial charge on any atom is -0.326 e. The molecule has 116 valence electrons. The lowest BCUT2D eigenvalue weighted by atomic mass is 9.94. The molecule has 2 aromatic rings. The van der Waals surface area contributed by atoms with Gasteiger partial charge in [0.1, 0.15) is 0 Å². The molecule has 1 unspecified atom stereocenters. The second-order valence-corrected chi connectivity index (χ2v) is 5.43. The summed E-state index contributed by atoms with van der Waals surface area (Å²) in [4.78, 5) is 12.2. The first-order valence-electron chi connectivity index (χ1n) is 6.92. The molecule has 0 spiro atoms. The van der Waals surface area contributed by atoms with Crippen LogP contribution in [0.1, 0.15) is 17.7 Å². The Morgan fingerprint density at radius 1 is 1.32 bits per heavy atom. The first-order chi connectivity index (χ1) is 10.5. The van der Waals surface area contributed by atoms with Gasteiger partial charge in [0.05, 0.1) is 6.20 Å². The highest BCUT2D eigenvalue weighted by Crippen LogP contribution is 2.24. The van der Waals surface area contributed by atoms with E-state index in [2.05, 4.69) is 10.4 Å². The summed E-state index contributed by atoms with van der Waals surface area (Å²) in [5.41, 5.74) is 1.91. The van der Waals surface area contributed by atoms with Crippen molar-refractivity contribution < 1.29 is 18.0 Å². The summed E-state index contributed by atoms with van der Waals surface area (Å²) in [6.45, 7) is 2.54. The third-order valence-corrected chi connectivity index (χ3v) is 3.91. The molecule has 3 rings (SSSR count). The van der Waals surface area contributed by atoms with Crippen LogP contribution in [0, 0.1) is 30.3 Å². The lowest BCUT2D eigenvalue weighted by Crippen LogP contribution is -2.30. The highest BCUT2D eigenvalue weighted by atomic mass is 19.2. The van der Waals surface area contributed by atoms with Gasteiger partial charge in [-0.1, -0.05) is 0 Å². The van der Waals surface area contributed by atoms with Crippen LogP contribution in [0.5, 0.6) is 0 Å². The third kappa shape index (κ3) is 2.58. The second-order valence-electron chi connectivity index (χ2n) is 5.43. The fraction of sp³-hybridized carbons (Fsp3) is 0.333. The molecule has 0 saturated carbocycles. The number of halogens is 3. The van der Waals surface area contributed by atoms with Crippen LogP contribution in [0.2, 0.25) is 0 Å². The van der Waals surface area contributed by atoms with Crippen molar-refractivity contribution in [3.05, 3.63) is 47.0 Å². The number of rotatable bonds is 2. The highest BCUT2D eigenvalue weighted by molar-refractivity contribution is 5.92. The first kappa shape index (κ1) is 14.6. The topological polar surface area (TPSA) is 46.9 Å². The van der Waals surface area contributed by atoms with E-state index in [-0.39, 0.29) is 17.5 Å². The number of nitrogens with one attached hydrogen (secondary N) is 1. The van der Waals surface area contributed by atoms with E-state index >= 15 is 0 Å². The normalized spacial score (nSPS) is 17.2. The Morgan fingerprint density at radius 2 is 2.00 bits per heavy atom. The second kappa shape index (κ2) is 5.47. The standard InChI is InChI=1S/C15H14F3N3O/c1-8-7-19-21-3-2-9(4-13(8)21)15(22)20-10-5-11(16)14(18)12(17)6-10/h5-7,9H,2-4H2,1H3,(H,20,22). The average Bonchev–Trinajstić information content (AvgIpc) is 2.85. The van der Waals surface area contributed by atoms with Crippen molar-refractivity contribution in [3.8, 4) is 0 Å². The van der Waals surface area contributed by atoms with Crippen LogP contribution < -0.4 is 5.32 Å². The molecule has 0 radical (unpaired) electrons. The van der Waals surface area contributed by atoms with Crippen LogP contribution in [0.25, 0.3) is 0 Å². The van der Waals surface area contributed by atoms with Crippen LogP contribution in [-0.4, -0.2) is 15.7 Å². The molecular formula is C15H14F3N3O. The molecule has 0 saturated heterocycles. The van der Waals surface area contributed by atoms with Gasteiger partial charge in [-0.3, -0.25) is 9.48 Å². The van der Waals surface area contributed by atoms with Crippen molar-refractivity contribution in [2.45, 2.75) is 26.3 Å². The van der Waals surface area contributed by atoms with Crippen molar-refractivity contribution in [3.63, 3.8) is 0 Å². The van der Waals surface area contributed by atoms with E-state index in [1.165, 1.54) is 0 Å². The van der Waals surface area contributed by atoms with Gasteiger partial charge >= 0.3 is 0 Å². The molecule has 4 nitrogen and oxygen atoms in total.